The van der Waals surface area contributed by atoms with Crippen molar-refractivity contribution >= 4 is 39.5 Å². The number of H-pyrrole nitrogens is 2. The van der Waals surface area contributed by atoms with Crippen LogP contribution in [0.2, 0.25) is 0 Å². The molecule has 6 heterocycles. The molecule has 4 aromatic heterocycles. The van der Waals surface area contributed by atoms with Crippen LogP contribution in [0, 0.1) is 11.9 Å². The molecule has 2 unspecified atom stereocenters. The van der Waals surface area contributed by atoms with Crippen LogP contribution in [0.15, 0.2) is 73.1 Å². The van der Waals surface area contributed by atoms with Crippen LogP contribution < -0.4 is 14.5 Å². The van der Waals surface area contributed by atoms with Crippen LogP contribution in [0.25, 0.3) is 44.3 Å². The van der Waals surface area contributed by atoms with Crippen molar-refractivity contribution in [2.45, 2.75) is 31.9 Å². The van der Waals surface area contributed by atoms with Crippen LogP contribution in [0.3, 0.4) is 0 Å². The van der Waals surface area contributed by atoms with E-state index in [1.165, 1.54) is 0 Å². The lowest BCUT2D eigenvalue weighted by atomic mass is 9.89. The monoisotopic (exact) mass is 767 g/mol. The Hall–Kier alpha value is -5.80. The number of phenols is 1. The Bertz CT molecular complexity index is 2300. The number of pyridine rings is 1. The van der Waals surface area contributed by atoms with Crippen LogP contribution in [0.5, 0.6) is 11.5 Å². The number of phenolic OH excluding ortho intramolecular Hbond substituents is 1. The lowest BCUT2D eigenvalue weighted by Crippen LogP contribution is -2.59. The van der Waals surface area contributed by atoms with E-state index < -0.39 is 12.6 Å². The van der Waals surface area contributed by atoms with Gasteiger partial charge in [-0.05, 0) is 80.4 Å². The van der Waals surface area contributed by atoms with Gasteiger partial charge in [0.25, 0.3) is 0 Å². The number of aromatic nitrogens is 5. The fraction of sp³-hybridized carbons (Fsp3) is 0.366. The Morgan fingerprint density at radius 3 is 2.41 bits per heavy atom. The fourth-order valence-electron chi connectivity index (χ4n) is 7.28. The molecule has 0 bridgehead atoms. The zero-order valence-corrected chi connectivity index (χ0v) is 30.9. The second kappa shape index (κ2) is 16.5. The van der Waals surface area contributed by atoms with Gasteiger partial charge in [0, 0.05) is 64.6 Å². The lowest BCUT2D eigenvalue weighted by Gasteiger charge is -2.46. The quantitative estimate of drug-likeness (QED) is 0.0603. The highest BCUT2D eigenvalue weighted by atomic mass is 19.1. The van der Waals surface area contributed by atoms with E-state index in [9.17, 15) is 14.3 Å². The first-order valence-electron chi connectivity index (χ1n) is 18.8. The number of fused-ring (bicyclic) bond motifs is 2. The summed E-state index contributed by atoms with van der Waals surface area (Å²) in [6.07, 6.45) is 4.85. The SMILES string of the molecule is CC1C(C(=O)O[C@@H]2CCCN(c3ncc(-c4cc5cc(OCCOCCOCCF)ccc5[nH]4)cn3)C2)CN1c1ccc(-c2cc3cc(O)ccc3[nH]2)c(F)n1. The van der Waals surface area contributed by atoms with E-state index in [1.54, 1.807) is 48.8 Å². The zero-order chi connectivity index (χ0) is 38.6. The number of nitrogens with one attached hydrogen (secondary N) is 2. The molecule has 13 nitrogen and oxygen atoms in total. The molecule has 2 fully saturated rings. The molecule has 0 spiro atoms. The number of nitrogens with zero attached hydrogens (tertiary/aromatic N) is 5. The van der Waals surface area contributed by atoms with Gasteiger partial charge in [0.05, 0.1) is 50.1 Å². The van der Waals surface area contributed by atoms with Crippen molar-refractivity contribution in [3.63, 3.8) is 0 Å². The van der Waals surface area contributed by atoms with Gasteiger partial charge in [-0.3, -0.25) is 4.79 Å². The highest BCUT2D eigenvalue weighted by molar-refractivity contribution is 5.88. The number of carbonyl (C=O) groups is 1. The van der Waals surface area contributed by atoms with Crippen molar-refractivity contribution in [1.82, 2.24) is 24.9 Å². The number of halogens is 2. The Kier molecular flexibility index (Phi) is 11.0. The summed E-state index contributed by atoms with van der Waals surface area (Å²) in [6, 6.07) is 17.8. The Labute approximate surface area is 321 Å². The molecule has 292 valence electrons. The fourth-order valence-corrected chi connectivity index (χ4v) is 7.28. The molecule has 0 aliphatic carbocycles. The Morgan fingerprint density at radius 2 is 1.62 bits per heavy atom. The van der Waals surface area contributed by atoms with Gasteiger partial charge >= 0.3 is 5.97 Å². The van der Waals surface area contributed by atoms with Gasteiger partial charge in [-0.25, -0.2) is 19.3 Å². The summed E-state index contributed by atoms with van der Waals surface area (Å²) in [6.45, 7) is 4.66. The summed E-state index contributed by atoms with van der Waals surface area (Å²) in [5.74, 6) is 0.643. The number of piperidine rings is 1. The minimum absolute atomic E-state index is 0.0834. The van der Waals surface area contributed by atoms with E-state index in [-0.39, 0.29) is 36.4 Å². The molecule has 3 N–H and O–H groups in total. The van der Waals surface area contributed by atoms with Crippen molar-refractivity contribution in [3.05, 3.63) is 79.0 Å². The summed E-state index contributed by atoms with van der Waals surface area (Å²) >= 11 is 0. The van der Waals surface area contributed by atoms with E-state index in [4.69, 9.17) is 18.9 Å². The highest BCUT2D eigenvalue weighted by Crippen LogP contribution is 2.35. The molecule has 0 radical (unpaired) electrons. The molecule has 15 heteroatoms. The molecule has 2 aromatic carbocycles. The zero-order valence-electron chi connectivity index (χ0n) is 30.9. The Balaban J connectivity index is 0.820. The summed E-state index contributed by atoms with van der Waals surface area (Å²) in [5.41, 5.74) is 4.33. The van der Waals surface area contributed by atoms with Gasteiger partial charge in [0.2, 0.25) is 11.9 Å². The Morgan fingerprint density at radius 1 is 0.893 bits per heavy atom. The van der Waals surface area contributed by atoms with Gasteiger partial charge in [0.1, 0.15) is 36.7 Å². The van der Waals surface area contributed by atoms with Gasteiger partial charge in [-0.2, -0.15) is 4.39 Å². The first-order chi connectivity index (χ1) is 27.3. The smallest absolute Gasteiger partial charge is 0.313 e. The average molecular weight is 768 g/mol. The largest absolute Gasteiger partial charge is 0.508 e. The topological polar surface area (TPSA) is 151 Å². The van der Waals surface area contributed by atoms with Crippen molar-refractivity contribution in [2.24, 2.45) is 5.92 Å². The first kappa shape index (κ1) is 37.1. The highest BCUT2D eigenvalue weighted by Gasteiger charge is 2.43. The van der Waals surface area contributed by atoms with Gasteiger partial charge in [0.15, 0.2) is 0 Å². The maximum atomic E-state index is 15.3. The molecule has 56 heavy (non-hydrogen) atoms. The number of rotatable bonds is 15. The minimum Gasteiger partial charge on any atom is -0.508 e. The summed E-state index contributed by atoms with van der Waals surface area (Å²) in [5, 5.41) is 11.5. The predicted octanol–water partition coefficient (Wildman–Crippen LogP) is 6.43. The molecule has 3 atom stereocenters. The number of hydrogen-bond donors (Lipinski definition) is 3. The minimum atomic E-state index is -0.621. The summed E-state index contributed by atoms with van der Waals surface area (Å²) in [7, 11) is 0. The summed E-state index contributed by atoms with van der Waals surface area (Å²) in [4.78, 5) is 37.4. The van der Waals surface area contributed by atoms with Crippen LogP contribution in [0.1, 0.15) is 19.8 Å². The van der Waals surface area contributed by atoms with E-state index >= 15 is 4.39 Å². The number of ether oxygens (including phenoxy) is 4. The molecular formula is C41H43F2N7O6. The van der Waals surface area contributed by atoms with E-state index in [1.807, 2.05) is 41.0 Å². The predicted molar refractivity (Wildman–Crippen MR) is 207 cm³/mol. The molecule has 2 saturated heterocycles. The number of benzene rings is 2. The van der Waals surface area contributed by atoms with Crippen molar-refractivity contribution in [2.75, 3.05) is 69.1 Å². The molecular weight excluding hydrogens is 724 g/mol. The molecule has 6 aromatic rings. The average Bonchev–Trinajstić information content (AvgIpc) is 3.82. The van der Waals surface area contributed by atoms with E-state index in [2.05, 4.69) is 24.9 Å². The number of anilines is 2. The van der Waals surface area contributed by atoms with Crippen molar-refractivity contribution < 1.29 is 37.6 Å². The van der Waals surface area contributed by atoms with Gasteiger partial charge in [-0.15, -0.1) is 0 Å². The number of esters is 1. The number of aromatic hydroxyl groups is 1. The van der Waals surface area contributed by atoms with Crippen molar-refractivity contribution in [3.8, 4) is 34.0 Å². The standard InChI is InChI=1S/C41H43F2N7O6/c1-25-33(24-50(25)38-9-6-32(39(43)48-38)37-20-26-17-29(51)4-7-34(26)47-37)40(52)56-31-3-2-11-49(23-31)41-44-21-28(22-45-41)36-19-27-18-30(5-8-35(27)46-36)55-16-15-54-14-13-53-12-10-42/h4-9,17-22,25,31,33,46-47,51H,2-3,10-16,23-24H2,1H3/t25?,31-,33?/m1/s1. The van der Waals surface area contributed by atoms with E-state index in [0.29, 0.717) is 62.5 Å². The molecule has 8 rings (SSSR count). The third-order valence-corrected chi connectivity index (χ3v) is 10.4. The van der Waals surface area contributed by atoms with Gasteiger partial charge < -0.3 is 43.8 Å². The maximum absolute atomic E-state index is 15.3. The first-order valence-corrected chi connectivity index (χ1v) is 18.8. The second-order valence-electron chi connectivity index (χ2n) is 14.1. The second-order valence-corrected chi connectivity index (χ2v) is 14.1. The van der Waals surface area contributed by atoms with Crippen LogP contribution in [-0.2, 0) is 19.0 Å². The van der Waals surface area contributed by atoms with Crippen molar-refractivity contribution in [1.29, 1.82) is 0 Å². The third kappa shape index (κ3) is 8.09. The van der Waals surface area contributed by atoms with Gasteiger partial charge in [-0.1, -0.05) is 0 Å². The molecule has 2 aliphatic heterocycles. The normalized spacial score (nSPS) is 18.4. The molecule has 0 saturated carbocycles. The third-order valence-electron chi connectivity index (χ3n) is 10.4. The number of carbonyl (C=O) groups excluding carboxylic acids is 1. The van der Waals surface area contributed by atoms with Crippen LogP contribution in [-0.4, -0.2) is 107 Å². The maximum Gasteiger partial charge on any atom is 0.313 e. The van der Waals surface area contributed by atoms with Crippen LogP contribution in [0.4, 0.5) is 20.5 Å². The molecule has 2 aliphatic rings. The summed E-state index contributed by atoms with van der Waals surface area (Å²) < 4.78 is 49.7. The van der Waals surface area contributed by atoms with E-state index in [0.717, 1.165) is 58.2 Å². The number of hydrogen-bond acceptors (Lipinski definition) is 11. The number of alkyl halides is 1. The number of aromatic amines is 2. The lowest BCUT2D eigenvalue weighted by molar-refractivity contribution is -0.156. The molecule has 0 amide bonds. The van der Waals surface area contributed by atoms with Crippen LogP contribution >= 0.6 is 0 Å².